The third-order valence-corrected chi connectivity index (χ3v) is 1.49. The summed E-state index contributed by atoms with van der Waals surface area (Å²) in [6.07, 6.45) is 0. The molecular weight excluding hydrogens is 166 g/mol. The molecular formula is C10H9NO2. The Hall–Kier alpha value is -1.82. The molecule has 0 spiro atoms. The Morgan fingerprint density at radius 3 is 3.00 bits per heavy atom. The van der Waals surface area contributed by atoms with Crippen LogP contribution in [-0.4, -0.2) is 12.6 Å². The summed E-state index contributed by atoms with van der Waals surface area (Å²) in [5.74, 6) is -0.381. The van der Waals surface area contributed by atoms with E-state index in [1.54, 1.807) is 25.1 Å². The van der Waals surface area contributed by atoms with E-state index in [-0.39, 0.29) is 5.97 Å². The lowest BCUT2D eigenvalue weighted by Gasteiger charge is -2.00. The monoisotopic (exact) mass is 175 g/mol. The van der Waals surface area contributed by atoms with Crippen LogP contribution in [0.5, 0.6) is 0 Å². The number of hydrogen-bond acceptors (Lipinski definition) is 2. The molecule has 66 valence electrons. The first kappa shape index (κ1) is 9.27. The number of rotatable bonds is 2. The molecule has 0 aromatic heterocycles. The number of benzene rings is 1. The van der Waals surface area contributed by atoms with Crippen LogP contribution in [0.25, 0.3) is 4.85 Å². The molecule has 1 aromatic rings. The number of esters is 1. The predicted molar refractivity (Wildman–Crippen MR) is 48.7 cm³/mol. The minimum absolute atomic E-state index is 0.348. The minimum atomic E-state index is -0.381. The minimum Gasteiger partial charge on any atom is -0.462 e. The number of ether oxygens (including phenoxy) is 1. The Labute approximate surface area is 76.8 Å². The zero-order valence-corrected chi connectivity index (χ0v) is 7.28. The van der Waals surface area contributed by atoms with Gasteiger partial charge in [0.2, 0.25) is 0 Å². The van der Waals surface area contributed by atoms with Crippen molar-refractivity contribution < 1.29 is 9.53 Å². The van der Waals surface area contributed by atoms with E-state index in [9.17, 15) is 4.79 Å². The lowest BCUT2D eigenvalue weighted by atomic mass is 10.2. The zero-order chi connectivity index (χ0) is 9.68. The molecule has 0 aliphatic heterocycles. The predicted octanol–water partition coefficient (Wildman–Crippen LogP) is 2.41. The van der Waals surface area contributed by atoms with E-state index in [2.05, 4.69) is 4.85 Å². The summed E-state index contributed by atoms with van der Waals surface area (Å²) in [6, 6.07) is 6.47. The molecule has 13 heavy (non-hydrogen) atoms. The van der Waals surface area contributed by atoms with Crippen LogP contribution in [-0.2, 0) is 4.74 Å². The summed E-state index contributed by atoms with van der Waals surface area (Å²) in [4.78, 5) is 14.4. The third kappa shape index (κ3) is 2.31. The van der Waals surface area contributed by atoms with Gasteiger partial charge in [0, 0.05) is 5.56 Å². The number of hydrogen-bond donors (Lipinski definition) is 0. The fourth-order valence-electron chi connectivity index (χ4n) is 0.917. The first-order chi connectivity index (χ1) is 6.27. The topological polar surface area (TPSA) is 30.7 Å². The summed E-state index contributed by atoms with van der Waals surface area (Å²) in [6.45, 7) is 8.85. The molecule has 0 saturated carbocycles. The standard InChI is InChI=1S/C10H9NO2/c1-3-13-10(12)8-5-4-6-9(7-8)11-2/h4-7H,3H2,1H3. The van der Waals surface area contributed by atoms with Crippen molar-refractivity contribution in [3.05, 3.63) is 41.2 Å². The fourth-order valence-corrected chi connectivity index (χ4v) is 0.917. The van der Waals surface area contributed by atoms with Gasteiger partial charge in [-0.25, -0.2) is 9.64 Å². The van der Waals surface area contributed by atoms with Gasteiger partial charge in [0.25, 0.3) is 0 Å². The van der Waals surface area contributed by atoms with Crippen molar-refractivity contribution in [3.63, 3.8) is 0 Å². The van der Waals surface area contributed by atoms with E-state index in [0.29, 0.717) is 17.9 Å². The second-order valence-electron chi connectivity index (χ2n) is 2.38. The molecule has 0 atom stereocenters. The van der Waals surface area contributed by atoms with Crippen molar-refractivity contribution in [1.82, 2.24) is 0 Å². The molecule has 3 heteroatoms. The molecule has 0 aliphatic rings. The smallest absolute Gasteiger partial charge is 0.336 e. The first-order valence-corrected chi connectivity index (χ1v) is 3.92. The van der Waals surface area contributed by atoms with E-state index in [4.69, 9.17) is 11.3 Å². The van der Waals surface area contributed by atoms with Crippen LogP contribution in [0, 0.1) is 6.57 Å². The molecule has 3 nitrogen and oxygen atoms in total. The molecule has 0 radical (unpaired) electrons. The quantitative estimate of drug-likeness (QED) is 0.510. The molecule has 0 bridgehead atoms. The van der Waals surface area contributed by atoms with Crippen LogP contribution < -0.4 is 0 Å². The molecule has 0 N–H and O–H groups in total. The summed E-state index contributed by atoms with van der Waals surface area (Å²) in [5.41, 5.74) is 0.876. The van der Waals surface area contributed by atoms with Crippen LogP contribution in [0.3, 0.4) is 0 Å². The molecule has 1 aromatic carbocycles. The zero-order valence-electron chi connectivity index (χ0n) is 7.28. The Kier molecular flexibility index (Phi) is 3.04. The Morgan fingerprint density at radius 2 is 2.38 bits per heavy atom. The number of carbonyl (C=O) groups is 1. The molecule has 0 saturated heterocycles. The third-order valence-electron chi connectivity index (χ3n) is 1.49. The summed E-state index contributed by atoms with van der Waals surface area (Å²) >= 11 is 0. The van der Waals surface area contributed by atoms with Gasteiger partial charge in [0.05, 0.1) is 13.2 Å². The highest BCUT2D eigenvalue weighted by atomic mass is 16.5. The van der Waals surface area contributed by atoms with Gasteiger partial charge in [-0.05, 0) is 13.0 Å². The highest BCUT2D eigenvalue weighted by Gasteiger charge is 2.05. The lowest BCUT2D eigenvalue weighted by Crippen LogP contribution is -2.03. The van der Waals surface area contributed by atoms with Crippen molar-refractivity contribution in [2.24, 2.45) is 0 Å². The maximum absolute atomic E-state index is 11.2. The SMILES string of the molecule is [C-]#[N+]c1cccc(C(=O)OCC)c1. The van der Waals surface area contributed by atoms with E-state index in [0.717, 1.165) is 0 Å². The summed E-state index contributed by atoms with van der Waals surface area (Å²) < 4.78 is 4.79. The average Bonchev–Trinajstić information content (AvgIpc) is 2.18. The lowest BCUT2D eigenvalue weighted by molar-refractivity contribution is 0.0526. The van der Waals surface area contributed by atoms with Crippen molar-refractivity contribution in [2.45, 2.75) is 6.92 Å². The Balaban J connectivity index is 2.90. The van der Waals surface area contributed by atoms with Crippen molar-refractivity contribution in [2.75, 3.05) is 6.61 Å². The van der Waals surface area contributed by atoms with Gasteiger partial charge in [0.1, 0.15) is 0 Å². The summed E-state index contributed by atoms with van der Waals surface area (Å²) in [5, 5.41) is 0. The van der Waals surface area contributed by atoms with Crippen molar-refractivity contribution >= 4 is 11.7 Å². The van der Waals surface area contributed by atoms with E-state index in [1.807, 2.05) is 0 Å². The molecule has 0 heterocycles. The van der Waals surface area contributed by atoms with E-state index in [1.165, 1.54) is 6.07 Å². The highest BCUT2D eigenvalue weighted by Crippen LogP contribution is 2.14. The average molecular weight is 175 g/mol. The number of nitrogens with zero attached hydrogens (tertiary/aromatic N) is 1. The van der Waals surface area contributed by atoms with E-state index < -0.39 is 0 Å². The number of carbonyl (C=O) groups excluding carboxylic acids is 1. The second-order valence-corrected chi connectivity index (χ2v) is 2.38. The van der Waals surface area contributed by atoms with Gasteiger partial charge in [-0.15, -0.1) is 0 Å². The van der Waals surface area contributed by atoms with Crippen LogP contribution in [0.4, 0.5) is 5.69 Å². The van der Waals surface area contributed by atoms with Gasteiger partial charge >= 0.3 is 5.97 Å². The van der Waals surface area contributed by atoms with Crippen LogP contribution in [0.15, 0.2) is 24.3 Å². The maximum Gasteiger partial charge on any atom is 0.336 e. The molecule has 1 rings (SSSR count). The fraction of sp³-hybridized carbons (Fsp3) is 0.200. The van der Waals surface area contributed by atoms with Gasteiger partial charge < -0.3 is 4.74 Å². The van der Waals surface area contributed by atoms with Gasteiger partial charge in [-0.1, -0.05) is 18.2 Å². The Bertz CT molecular complexity index is 352. The van der Waals surface area contributed by atoms with Crippen molar-refractivity contribution in [1.29, 1.82) is 0 Å². The molecule has 0 amide bonds. The van der Waals surface area contributed by atoms with E-state index >= 15 is 0 Å². The van der Waals surface area contributed by atoms with Gasteiger partial charge in [-0.3, -0.25) is 0 Å². The molecule has 0 aliphatic carbocycles. The highest BCUT2D eigenvalue weighted by molar-refractivity contribution is 5.90. The van der Waals surface area contributed by atoms with Crippen LogP contribution >= 0.6 is 0 Å². The second kappa shape index (κ2) is 4.27. The molecule has 0 fully saturated rings. The van der Waals surface area contributed by atoms with Crippen molar-refractivity contribution in [3.8, 4) is 0 Å². The maximum atomic E-state index is 11.2. The first-order valence-electron chi connectivity index (χ1n) is 3.92. The van der Waals surface area contributed by atoms with Gasteiger partial charge in [-0.2, -0.15) is 0 Å². The molecule has 0 unspecified atom stereocenters. The Morgan fingerprint density at radius 1 is 1.62 bits per heavy atom. The van der Waals surface area contributed by atoms with Crippen LogP contribution in [0.2, 0.25) is 0 Å². The van der Waals surface area contributed by atoms with Gasteiger partial charge in [0.15, 0.2) is 5.69 Å². The van der Waals surface area contributed by atoms with Crippen LogP contribution in [0.1, 0.15) is 17.3 Å². The summed E-state index contributed by atoms with van der Waals surface area (Å²) in [7, 11) is 0. The largest absolute Gasteiger partial charge is 0.462 e. The normalized spacial score (nSPS) is 8.92.